The van der Waals surface area contributed by atoms with Crippen LogP contribution in [0.4, 0.5) is 11.4 Å². The van der Waals surface area contributed by atoms with Gasteiger partial charge in [0.1, 0.15) is 0 Å². The van der Waals surface area contributed by atoms with Crippen LogP contribution in [-0.4, -0.2) is 12.5 Å². The van der Waals surface area contributed by atoms with Crippen LogP contribution in [0.15, 0.2) is 46.9 Å². The van der Waals surface area contributed by atoms with Crippen LogP contribution in [0, 0.1) is 6.92 Å². The molecule has 1 amide bonds. The second kappa shape index (κ2) is 7.45. The smallest absolute Gasteiger partial charge is 0.243 e. The number of anilines is 2. The molecule has 0 atom stereocenters. The Morgan fingerprint density at radius 3 is 2.45 bits per heavy atom. The fraction of sp³-hybridized carbons (Fsp3) is 0.278. The van der Waals surface area contributed by atoms with Crippen molar-refractivity contribution in [2.24, 2.45) is 0 Å². The van der Waals surface area contributed by atoms with Gasteiger partial charge in [0.25, 0.3) is 0 Å². The largest absolute Gasteiger partial charge is 0.376 e. The molecule has 0 aliphatic rings. The molecule has 0 saturated heterocycles. The Labute approximate surface area is 140 Å². The lowest BCUT2D eigenvalue weighted by atomic mass is 9.98. The number of hydrogen-bond acceptors (Lipinski definition) is 2. The molecule has 2 aromatic rings. The molecule has 2 N–H and O–H groups in total. The molecule has 0 unspecified atom stereocenters. The molecular weight excluding hydrogens is 340 g/mol. The highest BCUT2D eigenvalue weighted by atomic mass is 79.9. The highest BCUT2D eigenvalue weighted by Gasteiger charge is 2.11. The normalized spacial score (nSPS) is 10.6. The van der Waals surface area contributed by atoms with Gasteiger partial charge in [-0.25, -0.2) is 0 Å². The molecule has 0 heterocycles. The van der Waals surface area contributed by atoms with Crippen molar-refractivity contribution >= 4 is 33.2 Å². The van der Waals surface area contributed by atoms with Crippen molar-refractivity contribution in [2.45, 2.75) is 26.7 Å². The Hall–Kier alpha value is -1.81. The molecule has 0 saturated carbocycles. The highest BCUT2D eigenvalue weighted by molar-refractivity contribution is 9.10. The van der Waals surface area contributed by atoms with Crippen LogP contribution in [0.2, 0.25) is 0 Å². The summed E-state index contributed by atoms with van der Waals surface area (Å²) < 4.78 is 1.02. The van der Waals surface area contributed by atoms with Crippen molar-refractivity contribution in [3.8, 4) is 0 Å². The summed E-state index contributed by atoms with van der Waals surface area (Å²) in [5, 5.41) is 6.16. The molecule has 116 valence electrons. The predicted molar refractivity (Wildman–Crippen MR) is 96.5 cm³/mol. The van der Waals surface area contributed by atoms with E-state index in [1.165, 1.54) is 0 Å². The Morgan fingerprint density at radius 1 is 1.14 bits per heavy atom. The van der Waals surface area contributed by atoms with E-state index in [2.05, 4.69) is 46.5 Å². The van der Waals surface area contributed by atoms with E-state index in [0.29, 0.717) is 5.92 Å². The third-order valence-electron chi connectivity index (χ3n) is 3.49. The van der Waals surface area contributed by atoms with Gasteiger partial charge < -0.3 is 10.6 Å². The minimum atomic E-state index is -0.0425. The molecule has 0 aliphatic carbocycles. The first-order valence-electron chi connectivity index (χ1n) is 7.36. The van der Waals surface area contributed by atoms with Gasteiger partial charge in [-0.3, -0.25) is 4.79 Å². The molecular formula is C18H21BrN2O. The maximum atomic E-state index is 12.2. The van der Waals surface area contributed by atoms with E-state index in [1.54, 1.807) is 0 Å². The number of aryl methyl sites for hydroxylation is 1. The van der Waals surface area contributed by atoms with E-state index >= 15 is 0 Å². The zero-order chi connectivity index (χ0) is 16.1. The van der Waals surface area contributed by atoms with Crippen molar-refractivity contribution in [3.63, 3.8) is 0 Å². The zero-order valence-corrected chi connectivity index (χ0v) is 14.7. The van der Waals surface area contributed by atoms with Crippen molar-refractivity contribution in [3.05, 3.63) is 58.1 Å². The summed E-state index contributed by atoms with van der Waals surface area (Å²) in [6.07, 6.45) is 0. The number of amides is 1. The summed E-state index contributed by atoms with van der Waals surface area (Å²) in [7, 11) is 0. The second-order valence-corrected chi connectivity index (χ2v) is 6.52. The fourth-order valence-electron chi connectivity index (χ4n) is 2.28. The van der Waals surface area contributed by atoms with Crippen LogP contribution < -0.4 is 10.6 Å². The van der Waals surface area contributed by atoms with E-state index in [-0.39, 0.29) is 12.5 Å². The zero-order valence-electron chi connectivity index (χ0n) is 13.1. The summed E-state index contributed by atoms with van der Waals surface area (Å²) in [4.78, 5) is 12.2. The van der Waals surface area contributed by atoms with E-state index in [9.17, 15) is 4.79 Å². The van der Waals surface area contributed by atoms with Crippen molar-refractivity contribution in [2.75, 3.05) is 17.2 Å². The minimum Gasteiger partial charge on any atom is -0.376 e. The molecule has 2 aromatic carbocycles. The van der Waals surface area contributed by atoms with Gasteiger partial charge in [-0.05, 0) is 48.2 Å². The van der Waals surface area contributed by atoms with Gasteiger partial charge in [0.2, 0.25) is 5.91 Å². The number of carbonyl (C=O) groups is 1. The Bertz CT molecular complexity index is 651. The van der Waals surface area contributed by atoms with Crippen LogP contribution in [0.25, 0.3) is 0 Å². The number of nitrogens with one attached hydrogen (secondary N) is 2. The molecule has 0 aliphatic heterocycles. The summed E-state index contributed by atoms with van der Waals surface area (Å²) >= 11 is 3.39. The fourth-order valence-corrected chi connectivity index (χ4v) is 2.54. The molecule has 0 spiro atoms. The van der Waals surface area contributed by atoms with Gasteiger partial charge in [0.15, 0.2) is 0 Å². The maximum Gasteiger partial charge on any atom is 0.243 e. The van der Waals surface area contributed by atoms with Gasteiger partial charge in [0, 0.05) is 15.8 Å². The minimum absolute atomic E-state index is 0.0425. The van der Waals surface area contributed by atoms with Crippen molar-refractivity contribution < 1.29 is 4.79 Å². The van der Waals surface area contributed by atoms with Gasteiger partial charge in [-0.15, -0.1) is 0 Å². The van der Waals surface area contributed by atoms with E-state index in [4.69, 9.17) is 0 Å². The van der Waals surface area contributed by atoms with Gasteiger partial charge in [-0.2, -0.15) is 0 Å². The van der Waals surface area contributed by atoms with E-state index in [1.807, 2.05) is 43.3 Å². The first-order chi connectivity index (χ1) is 10.5. The van der Waals surface area contributed by atoms with Crippen molar-refractivity contribution in [1.29, 1.82) is 0 Å². The lowest BCUT2D eigenvalue weighted by Gasteiger charge is -2.16. The lowest BCUT2D eigenvalue weighted by molar-refractivity contribution is -0.114. The van der Waals surface area contributed by atoms with Crippen LogP contribution in [0.3, 0.4) is 0 Å². The standard InChI is InChI=1S/C18H21BrN2O/c1-12(2)16-6-4-5-13(3)18(16)21-17(22)11-20-15-9-7-14(19)8-10-15/h4-10,12,20H,11H2,1-3H3,(H,21,22). The van der Waals surface area contributed by atoms with E-state index in [0.717, 1.165) is 27.0 Å². The second-order valence-electron chi connectivity index (χ2n) is 5.60. The quantitative estimate of drug-likeness (QED) is 0.793. The number of halogens is 1. The first kappa shape index (κ1) is 16.6. The monoisotopic (exact) mass is 360 g/mol. The molecule has 4 heteroatoms. The SMILES string of the molecule is Cc1cccc(C(C)C)c1NC(=O)CNc1ccc(Br)cc1. The topological polar surface area (TPSA) is 41.1 Å². The van der Waals surface area contributed by atoms with Crippen LogP contribution in [0.5, 0.6) is 0 Å². The van der Waals surface area contributed by atoms with Crippen molar-refractivity contribution in [1.82, 2.24) is 0 Å². The molecule has 0 fully saturated rings. The molecule has 2 rings (SSSR count). The highest BCUT2D eigenvalue weighted by Crippen LogP contribution is 2.27. The summed E-state index contributed by atoms with van der Waals surface area (Å²) in [5.74, 6) is 0.328. The molecule has 0 radical (unpaired) electrons. The number of rotatable bonds is 5. The average molecular weight is 361 g/mol. The number of benzene rings is 2. The van der Waals surface area contributed by atoms with E-state index < -0.39 is 0 Å². The summed E-state index contributed by atoms with van der Waals surface area (Å²) in [6.45, 7) is 6.52. The van der Waals surface area contributed by atoms with Crippen LogP contribution >= 0.6 is 15.9 Å². The van der Waals surface area contributed by atoms with Gasteiger partial charge in [0.05, 0.1) is 6.54 Å². The molecule has 22 heavy (non-hydrogen) atoms. The predicted octanol–water partition coefficient (Wildman–Crippen LogP) is 4.93. The van der Waals surface area contributed by atoms with Gasteiger partial charge >= 0.3 is 0 Å². The molecule has 0 bridgehead atoms. The third kappa shape index (κ3) is 4.34. The summed E-state index contributed by atoms with van der Waals surface area (Å²) in [6, 6.07) is 13.9. The Balaban J connectivity index is 2.02. The molecule has 3 nitrogen and oxygen atoms in total. The molecule has 0 aromatic heterocycles. The number of carbonyl (C=O) groups excluding carboxylic acids is 1. The number of hydrogen-bond donors (Lipinski definition) is 2. The average Bonchev–Trinajstić information content (AvgIpc) is 2.48. The first-order valence-corrected chi connectivity index (χ1v) is 8.15. The van der Waals surface area contributed by atoms with Crippen LogP contribution in [-0.2, 0) is 4.79 Å². The lowest BCUT2D eigenvalue weighted by Crippen LogP contribution is -2.23. The summed E-state index contributed by atoms with van der Waals surface area (Å²) in [5.41, 5.74) is 4.10. The Kier molecular flexibility index (Phi) is 5.61. The third-order valence-corrected chi connectivity index (χ3v) is 4.02. The van der Waals surface area contributed by atoms with Crippen LogP contribution in [0.1, 0.15) is 30.9 Å². The van der Waals surface area contributed by atoms with Gasteiger partial charge in [-0.1, -0.05) is 48.0 Å². The Morgan fingerprint density at radius 2 is 1.82 bits per heavy atom. The number of para-hydroxylation sites is 1. The maximum absolute atomic E-state index is 12.2.